The molecule has 2 amide bonds. The van der Waals surface area contributed by atoms with Gasteiger partial charge in [-0.2, -0.15) is 0 Å². The number of hydrogen-bond donors (Lipinski definition) is 1. The van der Waals surface area contributed by atoms with Gasteiger partial charge in [-0.3, -0.25) is 9.59 Å². The molecule has 0 radical (unpaired) electrons. The lowest BCUT2D eigenvalue weighted by molar-refractivity contribution is -0.131. The number of amides is 2. The highest BCUT2D eigenvalue weighted by Crippen LogP contribution is 2.30. The first-order valence-electron chi connectivity index (χ1n) is 8.95. The van der Waals surface area contributed by atoms with Gasteiger partial charge in [-0.1, -0.05) is 0 Å². The van der Waals surface area contributed by atoms with E-state index in [9.17, 15) is 9.59 Å². The highest BCUT2D eigenvalue weighted by atomic mass is 16.5. The van der Waals surface area contributed by atoms with Crippen LogP contribution in [0.2, 0.25) is 0 Å². The molecule has 0 aliphatic carbocycles. The zero-order valence-electron chi connectivity index (χ0n) is 15.9. The summed E-state index contributed by atoms with van der Waals surface area (Å²) in [6.07, 6.45) is 2.04. The van der Waals surface area contributed by atoms with Crippen molar-refractivity contribution in [2.75, 3.05) is 40.4 Å². The highest BCUT2D eigenvalue weighted by molar-refractivity contribution is 5.92. The maximum atomic E-state index is 12.7. The second kappa shape index (κ2) is 8.16. The van der Waals surface area contributed by atoms with Gasteiger partial charge in [0.2, 0.25) is 5.91 Å². The lowest BCUT2D eigenvalue weighted by Gasteiger charge is -2.34. The van der Waals surface area contributed by atoms with Gasteiger partial charge in [0.1, 0.15) is 5.69 Å². The molecule has 2 heterocycles. The van der Waals surface area contributed by atoms with Gasteiger partial charge >= 0.3 is 0 Å². The number of aryl methyl sites for hydroxylation is 1. The molecule has 1 aromatic heterocycles. The van der Waals surface area contributed by atoms with Crippen molar-refractivity contribution in [2.24, 2.45) is 0 Å². The van der Waals surface area contributed by atoms with Crippen LogP contribution in [0.4, 0.5) is 0 Å². The summed E-state index contributed by atoms with van der Waals surface area (Å²) in [6, 6.07) is 7.31. The largest absolute Gasteiger partial charge is 0.493 e. The summed E-state index contributed by atoms with van der Waals surface area (Å²) >= 11 is 0. The monoisotopic (exact) mass is 371 g/mol. The molecule has 0 atom stereocenters. The molecule has 144 valence electrons. The number of nitrogens with zero attached hydrogens (tertiary/aromatic N) is 2. The van der Waals surface area contributed by atoms with Crippen LogP contribution in [0.3, 0.4) is 0 Å². The number of ether oxygens (including phenoxy) is 2. The third-order valence-corrected chi connectivity index (χ3v) is 4.93. The first kappa shape index (κ1) is 18.8. The lowest BCUT2D eigenvalue weighted by Crippen LogP contribution is -2.51. The van der Waals surface area contributed by atoms with E-state index in [0.717, 1.165) is 11.1 Å². The molecule has 0 saturated carbocycles. The minimum Gasteiger partial charge on any atom is -0.493 e. The molecule has 1 aromatic carbocycles. The van der Waals surface area contributed by atoms with Crippen molar-refractivity contribution in [3.63, 3.8) is 0 Å². The summed E-state index contributed by atoms with van der Waals surface area (Å²) < 4.78 is 10.6. The Morgan fingerprint density at radius 3 is 2.26 bits per heavy atom. The van der Waals surface area contributed by atoms with Crippen molar-refractivity contribution in [1.29, 1.82) is 0 Å². The summed E-state index contributed by atoms with van der Waals surface area (Å²) in [5, 5.41) is 0. The number of aromatic nitrogens is 1. The molecule has 0 unspecified atom stereocenters. The molecular formula is C20H25N3O4. The van der Waals surface area contributed by atoms with Gasteiger partial charge in [0.05, 0.1) is 20.6 Å². The van der Waals surface area contributed by atoms with Gasteiger partial charge in [-0.25, -0.2) is 0 Å². The van der Waals surface area contributed by atoms with E-state index in [4.69, 9.17) is 9.47 Å². The minimum atomic E-state index is -0.0252. The first-order valence-corrected chi connectivity index (χ1v) is 8.95. The predicted octanol–water partition coefficient (Wildman–Crippen LogP) is 1.87. The van der Waals surface area contributed by atoms with Crippen LogP contribution in [-0.2, 0) is 11.2 Å². The van der Waals surface area contributed by atoms with Crippen molar-refractivity contribution < 1.29 is 19.1 Å². The molecule has 7 heteroatoms. The number of nitrogens with one attached hydrogen (secondary N) is 1. The zero-order valence-corrected chi connectivity index (χ0v) is 15.9. The SMILES string of the molecule is COc1cc(C)c(CC(=O)N2CCN(C(=O)c3ccc[nH]3)CC2)cc1OC. The maximum Gasteiger partial charge on any atom is 0.270 e. The molecule has 1 aliphatic rings. The van der Waals surface area contributed by atoms with Gasteiger partial charge in [0.25, 0.3) is 5.91 Å². The van der Waals surface area contributed by atoms with E-state index in [1.54, 1.807) is 37.4 Å². The lowest BCUT2D eigenvalue weighted by atomic mass is 10.0. The smallest absolute Gasteiger partial charge is 0.270 e. The van der Waals surface area contributed by atoms with Crippen molar-refractivity contribution in [2.45, 2.75) is 13.3 Å². The average Bonchev–Trinajstić information content (AvgIpc) is 3.23. The Bertz CT molecular complexity index is 809. The average molecular weight is 371 g/mol. The van der Waals surface area contributed by atoms with Crippen LogP contribution in [0.25, 0.3) is 0 Å². The summed E-state index contributed by atoms with van der Waals surface area (Å²) in [5.74, 6) is 1.30. The van der Waals surface area contributed by atoms with Crippen LogP contribution >= 0.6 is 0 Å². The van der Waals surface area contributed by atoms with Crippen molar-refractivity contribution >= 4 is 11.8 Å². The molecule has 2 aromatic rings. The number of piperazine rings is 1. The molecular weight excluding hydrogens is 346 g/mol. The molecule has 7 nitrogen and oxygen atoms in total. The number of benzene rings is 1. The third kappa shape index (κ3) is 4.07. The van der Waals surface area contributed by atoms with E-state index < -0.39 is 0 Å². The second-order valence-electron chi connectivity index (χ2n) is 6.57. The van der Waals surface area contributed by atoms with Crippen LogP contribution < -0.4 is 9.47 Å². The molecule has 27 heavy (non-hydrogen) atoms. The predicted molar refractivity (Wildman–Crippen MR) is 101 cm³/mol. The van der Waals surface area contributed by atoms with Crippen LogP contribution in [0.1, 0.15) is 21.6 Å². The van der Waals surface area contributed by atoms with Crippen LogP contribution in [0.5, 0.6) is 11.5 Å². The molecule has 1 fully saturated rings. The van der Waals surface area contributed by atoms with Gasteiger partial charge in [0, 0.05) is 32.4 Å². The summed E-state index contributed by atoms with van der Waals surface area (Å²) in [4.78, 5) is 31.6. The van der Waals surface area contributed by atoms with Crippen LogP contribution in [0.15, 0.2) is 30.5 Å². The first-order chi connectivity index (χ1) is 13.0. The second-order valence-corrected chi connectivity index (χ2v) is 6.57. The van der Waals surface area contributed by atoms with Gasteiger partial charge in [0.15, 0.2) is 11.5 Å². The molecule has 1 N–H and O–H groups in total. The quantitative estimate of drug-likeness (QED) is 0.871. The number of H-pyrrole nitrogens is 1. The number of carbonyl (C=O) groups excluding carboxylic acids is 2. The summed E-state index contributed by atoms with van der Waals surface area (Å²) in [7, 11) is 3.18. The fourth-order valence-corrected chi connectivity index (χ4v) is 3.28. The molecule has 0 spiro atoms. The Kier molecular flexibility index (Phi) is 5.69. The number of carbonyl (C=O) groups is 2. The summed E-state index contributed by atoms with van der Waals surface area (Å²) in [6.45, 7) is 4.11. The standard InChI is InChI=1S/C20H25N3O4/c1-14-11-17(26-2)18(27-3)12-15(14)13-19(24)22-7-9-23(10-8-22)20(25)16-5-4-6-21-16/h4-6,11-12,21H,7-10,13H2,1-3H3. The normalized spacial score (nSPS) is 14.2. The molecule has 1 aliphatic heterocycles. The maximum absolute atomic E-state index is 12.7. The minimum absolute atomic E-state index is 0.0252. The van der Waals surface area contributed by atoms with E-state index >= 15 is 0 Å². The zero-order chi connectivity index (χ0) is 19.4. The van der Waals surface area contributed by atoms with Crippen LogP contribution in [-0.4, -0.2) is 67.0 Å². The Labute approximate surface area is 158 Å². The Hall–Kier alpha value is -2.96. The number of hydrogen-bond acceptors (Lipinski definition) is 4. The topological polar surface area (TPSA) is 74.9 Å². The van der Waals surface area contributed by atoms with E-state index in [-0.39, 0.29) is 11.8 Å². The number of methoxy groups -OCH3 is 2. The van der Waals surface area contributed by atoms with Crippen molar-refractivity contribution in [3.8, 4) is 11.5 Å². The van der Waals surface area contributed by atoms with E-state index in [2.05, 4.69) is 4.98 Å². The number of rotatable bonds is 5. The fourth-order valence-electron chi connectivity index (χ4n) is 3.28. The Morgan fingerprint density at radius 1 is 1.04 bits per heavy atom. The van der Waals surface area contributed by atoms with E-state index in [1.165, 1.54) is 0 Å². The van der Waals surface area contributed by atoms with Gasteiger partial charge in [-0.05, 0) is 42.3 Å². The molecule has 3 rings (SSSR count). The Balaban J connectivity index is 1.61. The third-order valence-electron chi connectivity index (χ3n) is 4.93. The van der Waals surface area contributed by atoms with Crippen LogP contribution in [0, 0.1) is 6.92 Å². The van der Waals surface area contributed by atoms with Gasteiger partial charge in [-0.15, -0.1) is 0 Å². The van der Waals surface area contributed by atoms with Crippen molar-refractivity contribution in [3.05, 3.63) is 47.3 Å². The van der Waals surface area contributed by atoms with Crippen molar-refractivity contribution in [1.82, 2.24) is 14.8 Å². The van der Waals surface area contributed by atoms with Gasteiger partial charge < -0.3 is 24.3 Å². The fraction of sp³-hybridized carbons (Fsp3) is 0.400. The molecule has 0 bridgehead atoms. The van der Waals surface area contributed by atoms with E-state index in [1.807, 2.05) is 24.0 Å². The Morgan fingerprint density at radius 2 is 1.67 bits per heavy atom. The van der Waals surface area contributed by atoms with E-state index in [0.29, 0.717) is 49.8 Å². The highest BCUT2D eigenvalue weighted by Gasteiger charge is 2.25. The summed E-state index contributed by atoms with van der Waals surface area (Å²) in [5.41, 5.74) is 2.49. The molecule has 1 saturated heterocycles. The number of aromatic amines is 1.